The average molecular weight is 566 g/mol. The molecular weight excluding hydrogens is 538 g/mol. The molecule has 6 rings (SSSR count). The van der Waals surface area contributed by atoms with Crippen molar-refractivity contribution in [3.63, 3.8) is 0 Å². The van der Waals surface area contributed by atoms with Gasteiger partial charge in [-0.3, -0.25) is 9.59 Å². The van der Waals surface area contributed by atoms with Gasteiger partial charge in [0.15, 0.2) is 16.9 Å². The molecule has 0 saturated carbocycles. The Labute approximate surface area is 242 Å². The number of aryl methyl sites for hydroxylation is 1. The van der Waals surface area contributed by atoms with Crippen molar-refractivity contribution in [1.82, 2.24) is 4.90 Å². The second-order valence-electron chi connectivity index (χ2n) is 10.0. The van der Waals surface area contributed by atoms with E-state index in [4.69, 9.17) is 25.5 Å². The van der Waals surface area contributed by atoms with E-state index in [1.807, 2.05) is 86.6 Å². The zero-order valence-electron chi connectivity index (χ0n) is 22.7. The van der Waals surface area contributed by atoms with Crippen molar-refractivity contribution < 1.29 is 18.7 Å². The maximum Gasteiger partial charge on any atom is 0.291 e. The Hall–Kier alpha value is -4.55. The SMILES string of the molecule is CCOc1cc(C2c3c(oc4ccc(Cl)cc4c3=O)C(=O)N2Cc2ccc(C)cc2)ccc1OCc1ccccc1. The normalized spacial score (nSPS) is 14.4. The summed E-state index contributed by atoms with van der Waals surface area (Å²) in [5, 5.41) is 0.750. The van der Waals surface area contributed by atoms with Crippen LogP contribution in [0.4, 0.5) is 0 Å². The molecule has 1 aliphatic rings. The molecule has 1 unspecified atom stereocenters. The van der Waals surface area contributed by atoms with Gasteiger partial charge < -0.3 is 18.8 Å². The van der Waals surface area contributed by atoms with Crippen LogP contribution in [0.15, 0.2) is 100 Å². The molecule has 0 fully saturated rings. The molecule has 1 aliphatic heterocycles. The van der Waals surface area contributed by atoms with Crippen molar-refractivity contribution in [3.05, 3.63) is 140 Å². The summed E-state index contributed by atoms with van der Waals surface area (Å²) in [7, 11) is 0. The van der Waals surface area contributed by atoms with E-state index in [0.717, 1.165) is 16.7 Å². The minimum absolute atomic E-state index is 0.0456. The number of nitrogens with zero attached hydrogens (tertiary/aromatic N) is 1. The fourth-order valence-corrected chi connectivity index (χ4v) is 5.38. The molecule has 1 aromatic heterocycles. The number of fused-ring (bicyclic) bond motifs is 2. The zero-order chi connectivity index (χ0) is 28.5. The Balaban J connectivity index is 1.46. The van der Waals surface area contributed by atoms with E-state index in [-0.39, 0.29) is 22.7 Å². The van der Waals surface area contributed by atoms with Crippen molar-refractivity contribution in [1.29, 1.82) is 0 Å². The third-order valence-electron chi connectivity index (χ3n) is 7.22. The molecule has 0 N–H and O–H groups in total. The fraction of sp³-hybridized carbons (Fsp3) is 0.176. The van der Waals surface area contributed by atoms with Crippen LogP contribution in [-0.4, -0.2) is 17.4 Å². The van der Waals surface area contributed by atoms with Gasteiger partial charge in [-0.2, -0.15) is 0 Å². The van der Waals surface area contributed by atoms with Gasteiger partial charge in [0.05, 0.1) is 23.6 Å². The van der Waals surface area contributed by atoms with Gasteiger partial charge in [-0.05, 0) is 60.9 Å². The highest BCUT2D eigenvalue weighted by molar-refractivity contribution is 6.31. The summed E-state index contributed by atoms with van der Waals surface area (Å²) in [6.45, 7) is 5.00. The summed E-state index contributed by atoms with van der Waals surface area (Å²) in [4.78, 5) is 29.5. The number of carbonyl (C=O) groups is 1. The van der Waals surface area contributed by atoms with Gasteiger partial charge in [-0.1, -0.05) is 77.8 Å². The van der Waals surface area contributed by atoms with Crippen LogP contribution in [0.25, 0.3) is 11.0 Å². The maximum atomic E-state index is 13.9. The highest BCUT2D eigenvalue weighted by Crippen LogP contribution is 2.42. The lowest BCUT2D eigenvalue weighted by atomic mass is 9.97. The van der Waals surface area contributed by atoms with Crippen LogP contribution < -0.4 is 14.9 Å². The van der Waals surface area contributed by atoms with Crippen LogP contribution in [0.2, 0.25) is 5.02 Å². The summed E-state index contributed by atoms with van der Waals surface area (Å²) in [5.74, 6) is 0.808. The predicted molar refractivity (Wildman–Crippen MR) is 159 cm³/mol. The summed E-state index contributed by atoms with van der Waals surface area (Å²) in [6, 6.07) is 27.6. The van der Waals surface area contributed by atoms with Crippen molar-refractivity contribution in [2.75, 3.05) is 6.61 Å². The van der Waals surface area contributed by atoms with E-state index in [0.29, 0.717) is 52.8 Å². The van der Waals surface area contributed by atoms with Crippen molar-refractivity contribution >= 4 is 28.5 Å². The molecule has 0 bridgehead atoms. The van der Waals surface area contributed by atoms with Crippen molar-refractivity contribution in [2.45, 2.75) is 33.0 Å². The van der Waals surface area contributed by atoms with Gasteiger partial charge in [0.1, 0.15) is 12.2 Å². The lowest BCUT2D eigenvalue weighted by Gasteiger charge is -2.26. The minimum Gasteiger partial charge on any atom is -0.490 e. The second kappa shape index (κ2) is 11.1. The third kappa shape index (κ3) is 5.19. The molecule has 2 heterocycles. The Bertz CT molecular complexity index is 1800. The first-order valence-electron chi connectivity index (χ1n) is 13.5. The Kier molecular flexibility index (Phi) is 7.25. The largest absolute Gasteiger partial charge is 0.490 e. The molecule has 206 valence electrons. The fourth-order valence-electron chi connectivity index (χ4n) is 5.21. The lowest BCUT2D eigenvalue weighted by Crippen LogP contribution is -2.29. The first-order valence-corrected chi connectivity index (χ1v) is 13.9. The minimum atomic E-state index is -0.694. The lowest BCUT2D eigenvalue weighted by molar-refractivity contribution is 0.0714. The van der Waals surface area contributed by atoms with E-state index in [1.54, 1.807) is 23.1 Å². The van der Waals surface area contributed by atoms with Crippen LogP contribution in [0.1, 0.15) is 51.3 Å². The van der Waals surface area contributed by atoms with Crippen molar-refractivity contribution in [2.24, 2.45) is 0 Å². The van der Waals surface area contributed by atoms with Crippen LogP contribution in [0.3, 0.4) is 0 Å². The number of carbonyl (C=O) groups excluding carboxylic acids is 1. The van der Waals surface area contributed by atoms with Crippen LogP contribution in [0, 0.1) is 6.92 Å². The molecule has 0 saturated heterocycles. The van der Waals surface area contributed by atoms with Gasteiger partial charge in [-0.25, -0.2) is 0 Å². The smallest absolute Gasteiger partial charge is 0.291 e. The number of halogens is 1. The van der Waals surface area contributed by atoms with E-state index < -0.39 is 6.04 Å². The molecule has 41 heavy (non-hydrogen) atoms. The van der Waals surface area contributed by atoms with E-state index >= 15 is 0 Å². The summed E-state index contributed by atoms with van der Waals surface area (Å²) < 4.78 is 18.2. The first-order chi connectivity index (χ1) is 19.9. The molecule has 0 aliphatic carbocycles. The number of ether oxygens (including phenoxy) is 2. The molecule has 7 heteroatoms. The van der Waals surface area contributed by atoms with Crippen LogP contribution >= 0.6 is 11.6 Å². The van der Waals surface area contributed by atoms with E-state index in [2.05, 4.69) is 0 Å². The molecule has 5 aromatic rings. The van der Waals surface area contributed by atoms with Crippen molar-refractivity contribution in [3.8, 4) is 11.5 Å². The number of amides is 1. The first kappa shape index (κ1) is 26.7. The maximum absolute atomic E-state index is 13.9. The van der Waals surface area contributed by atoms with Gasteiger partial charge in [0.2, 0.25) is 5.76 Å². The predicted octanol–water partition coefficient (Wildman–Crippen LogP) is 7.48. The zero-order valence-corrected chi connectivity index (χ0v) is 23.5. The van der Waals surface area contributed by atoms with Gasteiger partial charge in [-0.15, -0.1) is 0 Å². The van der Waals surface area contributed by atoms with Gasteiger partial charge in [0.25, 0.3) is 5.91 Å². The third-order valence-corrected chi connectivity index (χ3v) is 7.46. The molecule has 0 spiro atoms. The van der Waals surface area contributed by atoms with E-state index in [9.17, 15) is 9.59 Å². The number of hydrogen-bond acceptors (Lipinski definition) is 5. The Morgan fingerprint density at radius 3 is 2.39 bits per heavy atom. The summed E-state index contributed by atoms with van der Waals surface area (Å²) in [5.41, 5.74) is 4.13. The van der Waals surface area contributed by atoms with Crippen LogP contribution in [-0.2, 0) is 13.2 Å². The Morgan fingerprint density at radius 2 is 1.63 bits per heavy atom. The highest BCUT2D eigenvalue weighted by atomic mass is 35.5. The number of hydrogen-bond donors (Lipinski definition) is 0. The average Bonchev–Trinajstić information content (AvgIpc) is 3.25. The molecule has 6 nitrogen and oxygen atoms in total. The molecule has 1 amide bonds. The standard InChI is InChI=1S/C34H28ClNO5/c1-3-39-29-17-24(13-15-28(29)40-20-23-7-5-4-6-8-23)31-30-32(37)26-18-25(35)14-16-27(26)41-33(30)34(38)36(31)19-22-11-9-21(2)10-12-22/h4-18,31H,3,19-20H2,1-2H3. The van der Waals surface area contributed by atoms with E-state index in [1.165, 1.54) is 0 Å². The van der Waals surface area contributed by atoms with Crippen LogP contribution in [0.5, 0.6) is 11.5 Å². The summed E-state index contributed by atoms with van der Waals surface area (Å²) >= 11 is 6.23. The molecule has 0 radical (unpaired) electrons. The molecule has 1 atom stereocenters. The molecular formula is C34H28ClNO5. The van der Waals surface area contributed by atoms with Gasteiger partial charge >= 0.3 is 0 Å². The molecule has 4 aromatic carbocycles. The highest BCUT2D eigenvalue weighted by Gasteiger charge is 2.43. The topological polar surface area (TPSA) is 69.0 Å². The quantitative estimate of drug-likeness (QED) is 0.195. The number of benzene rings is 4. The van der Waals surface area contributed by atoms with Gasteiger partial charge in [0, 0.05) is 11.6 Å². The second-order valence-corrected chi connectivity index (χ2v) is 10.5. The Morgan fingerprint density at radius 1 is 0.854 bits per heavy atom. The number of rotatable bonds is 8. The monoisotopic (exact) mass is 565 g/mol. The summed E-state index contributed by atoms with van der Waals surface area (Å²) in [6.07, 6.45) is 0.